The van der Waals surface area contributed by atoms with E-state index in [-0.39, 0.29) is 31.5 Å². The fraction of sp³-hybridized carbons (Fsp3) is 0.647. The maximum atomic E-state index is 12.9. The Hall–Kier alpha value is -2.67. The molecule has 1 unspecified atom stereocenters. The van der Waals surface area contributed by atoms with Crippen LogP contribution in [-0.2, 0) is 35.7 Å². The first-order valence-corrected chi connectivity index (χ1v) is 11.9. The van der Waals surface area contributed by atoms with Crippen LogP contribution in [0.1, 0.15) is 44.5 Å². The van der Waals surface area contributed by atoms with Gasteiger partial charge < -0.3 is 20.2 Å². The van der Waals surface area contributed by atoms with E-state index in [1.807, 2.05) is 13.8 Å². The van der Waals surface area contributed by atoms with E-state index in [1.165, 1.54) is 28.6 Å². The van der Waals surface area contributed by atoms with Gasteiger partial charge in [-0.25, -0.2) is 19.3 Å². The van der Waals surface area contributed by atoms with Gasteiger partial charge in [-0.2, -0.15) is 0 Å². The largest absolute Gasteiger partial charge is 0.434 e. The van der Waals surface area contributed by atoms with Gasteiger partial charge in [0, 0.05) is 19.5 Å². The van der Waals surface area contributed by atoms with Crippen molar-refractivity contribution in [2.45, 2.75) is 52.7 Å². The van der Waals surface area contributed by atoms with Gasteiger partial charge in [0.2, 0.25) is 0 Å². The summed E-state index contributed by atoms with van der Waals surface area (Å²) in [6.07, 6.45) is 5.01. The molecule has 178 valence electrons. The lowest BCUT2D eigenvalue weighted by Crippen LogP contribution is -2.27. The third-order valence-corrected chi connectivity index (χ3v) is 6.54. The fourth-order valence-electron chi connectivity index (χ4n) is 3.32. The highest BCUT2D eigenvalue weighted by molar-refractivity contribution is 7.53. The van der Waals surface area contributed by atoms with E-state index in [4.69, 9.17) is 10.0 Å². The molecule has 2 N–H and O–H groups in total. The van der Waals surface area contributed by atoms with Gasteiger partial charge >= 0.3 is 19.6 Å². The number of rotatable bonds is 14. The normalized spacial score (nSPS) is 13.4. The highest BCUT2D eigenvalue weighted by Crippen LogP contribution is 2.43. The third kappa shape index (κ3) is 6.19. The molecular formula is C17H29N8O6P. The molecule has 32 heavy (non-hydrogen) atoms. The molecule has 14 nitrogen and oxygen atoms in total. The molecule has 0 saturated carbocycles. The molecule has 2 aromatic heterocycles. The first-order chi connectivity index (χ1) is 15.1. The second-order valence-corrected chi connectivity index (χ2v) is 9.15. The molecule has 2 aromatic rings. The van der Waals surface area contributed by atoms with Crippen LogP contribution in [0, 0.1) is 20.2 Å². The van der Waals surface area contributed by atoms with Crippen molar-refractivity contribution >= 4 is 19.6 Å². The van der Waals surface area contributed by atoms with E-state index >= 15 is 0 Å². The van der Waals surface area contributed by atoms with Crippen LogP contribution in [0.25, 0.3) is 0 Å². The lowest BCUT2D eigenvalue weighted by atomic mass is 10.2. The molecule has 0 fully saturated rings. The van der Waals surface area contributed by atoms with E-state index in [0.29, 0.717) is 30.9 Å². The average molecular weight is 472 g/mol. The van der Waals surface area contributed by atoms with E-state index in [2.05, 4.69) is 9.97 Å². The lowest BCUT2D eigenvalue weighted by molar-refractivity contribution is -0.396. The quantitative estimate of drug-likeness (QED) is 0.244. The van der Waals surface area contributed by atoms with Crippen molar-refractivity contribution in [2.75, 3.05) is 13.1 Å². The summed E-state index contributed by atoms with van der Waals surface area (Å²) in [7, 11) is -2.13. The minimum Gasteiger partial charge on any atom is -0.390 e. The van der Waals surface area contributed by atoms with E-state index in [9.17, 15) is 24.8 Å². The highest BCUT2D eigenvalue weighted by atomic mass is 31.2. The number of nitro groups is 2. The van der Waals surface area contributed by atoms with Crippen LogP contribution in [0.2, 0.25) is 0 Å². The van der Waals surface area contributed by atoms with Gasteiger partial charge in [-0.15, -0.1) is 0 Å². The summed E-state index contributed by atoms with van der Waals surface area (Å²) in [6.45, 7) is 4.95. The fourth-order valence-corrected chi connectivity index (χ4v) is 4.75. The molecule has 0 aliphatic heterocycles. The Labute approximate surface area is 185 Å². The Kier molecular flexibility index (Phi) is 9.01. The van der Waals surface area contributed by atoms with Gasteiger partial charge in [-0.3, -0.25) is 9.09 Å². The minimum absolute atomic E-state index is 0.213. The molecule has 0 aromatic carbocycles. The zero-order chi connectivity index (χ0) is 23.9. The van der Waals surface area contributed by atoms with Crippen molar-refractivity contribution < 1.29 is 18.9 Å². The SMILES string of the molecule is CCCN(CCC)P(N)(=O)OCc1c(CCCn2ccnc2[N+](=O)[O-])nc([N+](=O)[O-])n1C. The van der Waals surface area contributed by atoms with Gasteiger partial charge in [0.15, 0.2) is 5.69 Å². The summed E-state index contributed by atoms with van der Waals surface area (Å²) in [4.78, 5) is 28.9. The molecular weight excluding hydrogens is 443 g/mol. The van der Waals surface area contributed by atoms with Crippen molar-refractivity contribution in [1.82, 2.24) is 23.8 Å². The monoisotopic (exact) mass is 472 g/mol. The Morgan fingerprint density at radius 1 is 1.19 bits per heavy atom. The Morgan fingerprint density at radius 2 is 1.81 bits per heavy atom. The van der Waals surface area contributed by atoms with Crippen molar-refractivity contribution in [2.24, 2.45) is 12.6 Å². The van der Waals surface area contributed by atoms with Gasteiger partial charge in [0.05, 0.1) is 13.6 Å². The Morgan fingerprint density at radius 3 is 2.38 bits per heavy atom. The van der Waals surface area contributed by atoms with Crippen LogP contribution in [0.3, 0.4) is 0 Å². The molecule has 15 heteroatoms. The van der Waals surface area contributed by atoms with Crippen molar-refractivity contribution in [1.29, 1.82) is 0 Å². The van der Waals surface area contributed by atoms with Crippen LogP contribution in [0.4, 0.5) is 11.9 Å². The number of hydrogen-bond acceptors (Lipinski definition) is 8. The van der Waals surface area contributed by atoms with Crippen LogP contribution in [0.15, 0.2) is 12.4 Å². The first kappa shape index (κ1) is 25.6. The summed E-state index contributed by atoms with van der Waals surface area (Å²) in [5.74, 6) is -0.658. The smallest absolute Gasteiger partial charge is 0.390 e. The molecule has 0 amide bonds. The van der Waals surface area contributed by atoms with E-state index in [1.54, 1.807) is 4.67 Å². The molecule has 2 heterocycles. The summed E-state index contributed by atoms with van der Waals surface area (Å²) in [6, 6.07) is 0. The van der Waals surface area contributed by atoms with Crippen LogP contribution < -0.4 is 5.50 Å². The van der Waals surface area contributed by atoms with Crippen molar-refractivity contribution in [3.8, 4) is 0 Å². The molecule has 0 spiro atoms. The van der Waals surface area contributed by atoms with E-state index in [0.717, 1.165) is 12.8 Å². The second kappa shape index (κ2) is 11.3. The second-order valence-electron chi connectivity index (χ2n) is 7.19. The lowest BCUT2D eigenvalue weighted by Gasteiger charge is -2.26. The topological polar surface area (TPSA) is 177 Å². The predicted molar refractivity (Wildman–Crippen MR) is 116 cm³/mol. The van der Waals surface area contributed by atoms with E-state index < -0.39 is 17.5 Å². The van der Waals surface area contributed by atoms with Crippen molar-refractivity contribution in [3.05, 3.63) is 44.0 Å². The molecule has 0 saturated heterocycles. The summed E-state index contributed by atoms with van der Waals surface area (Å²) in [5, 5.41) is 22.3. The van der Waals surface area contributed by atoms with Gasteiger partial charge in [-0.05, 0) is 29.1 Å². The van der Waals surface area contributed by atoms with Gasteiger partial charge in [0.25, 0.3) is 0 Å². The zero-order valence-electron chi connectivity index (χ0n) is 18.4. The van der Waals surface area contributed by atoms with Gasteiger partial charge in [0.1, 0.15) is 24.7 Å². The maximum absolute atomic E-state index is 12.9. The van der Waals surface area contributed by atoms with Crippen LogP contribution >= 0.6 is 7.67 Å². The number of nitrogens with zero attached hydrogens (tertiary/aromatic N) is 7. The first-order valence-electron chi connectivity index (χ1n) is 10.2. The highest BCUT2D eigenvalue weighted by Gasteiger charge is 2.30. The summed E-state index contributed by atoms with van der Waals surface area (Å²) < 4.78 is 22.8. The number of aryl methyl sites for hydroxylation is 2. The predicted octanol–water partition coefficient (Wildman–Crippen LogP) is 2.77. The molecule has 0 radical (unpaired) electrons. The summed E-state index contributed by atoms with van der Waals surface area (Å²) >= 11 is 0. The summed E-state index contributed by atoms with van der Waals surface area (Å²) in [5.41, 5.74) is 6.75. The third-order valence-electron chi connectivity index (χ3n) is 4.85. The number of hydrogen-bond donors (Lipinski definition) is 1. The maximum Gasteiger partial charge on any atom is 0.434 e. The zero-order valence-corrected chi connectivity index (χ0v) is 19.3. The Balaban J connectivity index is 2.17. The average Bonchev–Trinajstić information content (AvgIpc) is 3.31. The van der Waals surface area contributed by atoms with Gasteiger partial charge in [-0.1, -0.05) is 23.8 Å². The standard InChI is InChI=1S/C17H29N8O6P/c1-4-9-23(10-5-2)32(18,30)31-13-15-14(20-17(21(15)3)25(28)29)7-6-11-22-12-8-19-16(22)24(26)27/h8,12H,4-7,9-11,13H2,1-3H3,(H2,18,30). The molecule has 2 rings (SSSR count). The van der Waals surface area contributed by atoms with Crippen LogP contribution in [-0.4, -0.2) is 46.7 Å². The number of imidazole rings is 2. The Bertz CT molecular complexity index is 984. The number of aromatic nitrogens is 4. The van der Waals surface area contributed by atoms with Crippen LogP contribution in [0.5, 0.6) is 0 Å². The van der Waals surface area contributed by atoms with Crippen molar-refractivity contribution in [3.63, 3.8) is 0 Å². The number of nitrogens with two attached hydrogens (primary N) is 1. The molecule has 1 atom stereocenters. The molecule has 0 bridgehead atoms. The molecule has 0 aliphatic carbocycles. The molecule has 0 aliphatic rings. The minimum atomic E-state index is -3.60.